The quantitative estimate of drug-likeness (QED) is 0.874. The van der Waals surface area contributed by atoms with E-state index < -0.39 is 0 Å². The Balaban J connectivity index is 2.50. The predicted octanol–water partition coefficient (Wildman–Crippen LogP) is 3.38. The molecule has 1 fully saturated rings. The van der Waals surface area contributed by atoms with Gasteiger partial charge in [-0.05, 0) is 42.0 Å². The first-order valence-corrected chi connectivity index (χ1v) is 6.19. The summed E-state index contributed by atoms with van der Waals surface area (Å²) in [4.78, 5) is 0. The van der Waals surface area contributed by atoms with Crippen molar-refractivity contribution in [1.82, 2.24) is 0 Å². The van der Waals surface area contributed by atoms with E-state index in [4.69, 9.17) is 5.73 Å². The van der Waals surface area contributed by atoms with Crippen LogP contribution in [0.15, 0.2) is 22.7 Å². The maximum atomic E-state index is 5.98. The zero-order valence-electron chi connectivity index (χ0n) is 9.60. The number of halogens is 1. The molecule has 0 bridgehead atoms. The van der Waals surface area contributed by atoms with Gasteiger partial charge in [0, 0.05) is 16.4 Å². The van der Waals surface area contributed by atoms with Crippen LogP contribution in [0, 0.1) is 12.3 Å². The summed E-state index contributed by atoms with van der Waals surface area (Å²) in [7, 11) is 0. The van der Waals surface area contributed by atoms with E-state index in [1.54, 1.807) is 0 Å². The van der Waals surface area contributed by atoms with Crippen molar-refractivity contribution in [2.24, 2.45) is 11.1 Å². The van der Waals surface area contributed by atoms with E-state index in [2.05, 4.69) is 54.9 Å². The molecule has 1 atom stereocenters. The summed E-state index contributed by atoms with van der Waals surface area (Å²) in [5.41, 5.74) is 9.32. The average molecular weight is 268 g/mol. The van der Waals surface area contributed by atoms with Crippen LogP contribution >= 0.6 is 15.9 Å². The summed E-state index contributed by atoms with van der Waals surface area (Å²) < 4.78 is 1.15. The van der Waals surface area contributed by atoms with E-state index >= 15 is 0 Å². The Morgan fingerprint density at radius 1 is 1.40 bits per heavy atom. The lowest BCUT2D eigenvalue weighted by molar-refractivity contribution is 0.501. The normalized spacial score (nSPS) is 27.8. The zero-order chi connectivity index (χ0) is 11.3. The van der Waals surface area contributed by atoms with Gasteiger partial charge in [-0.3, -0.25) is 0 Å². The molecule has 0 aromatic heterocycles. The number of benzene rings is 1. The number of nitrogens with two attached hydrogens (primary N) is 1. The fourth-order valence-electron chi connectivity index (χ4n) is 2.74. The van der Waals surface area contributed by atoms with Gasteiger partial charge in [-0.1, -0.05) is 35.8 Å². The van der Waals surface area contributed by atoms with Crippen LogP contribution in [0.2, 0.25) is 0 Å². The molecule has 1 nitrogen and oxygen atoms in total. The summed E-state index contributed by atoms with van der Waals surface area (Å²) in [5, 5.41) is 0. The third-order valence-corrected chi connectivity index (χ3v) is 4.47. The van der Waals surface area contributed by atoms with Gasteiger partial charge in [-0.15, -0.1) is 0 Å². The van der Waals surface area contributed by atoms with Crippen molar-refractivity contribution in [3.63, 3.8) is 0 Å². The lowest BCUT2D eigenvalue weighted by atomic mass is 9.85. The van der Waals surface area contributed by atoms with E-state index in [0.717, 1.165) is 11.0 Å². The minimum absolute atomic E-state index is 0.209. The fraction of sp³-hybridized carbons (Fsp3) is 0.538. The molecule has 1 aromatic rings. The lowest BCUT2D eigenvalue weighted by Gasteiger charge is -2.21. The van der Waals surface area contributed by atoms with Crippen LogP contribution in [0.3, 0.4) is 0 Å². The molecule has 1 aromatic carbocycles. The molecule has 82 valence electrons. The molecule has 1 saturated carbocycles. The van der Waals surface area contributed by atoms with Gasteiger partial charge >= 0.3 is 0 Å². The van der Waals surface area contributed by atoms with Crippen molar-refractivity contribution in [3.05, 3.63) is 33.8 Å². The minimum atomic E-state index is 0.209. The summed E-state index contributed by atoms with van der Waals surface area (Å²) >= 11 is 3.54. The SMILES string of the molecule is Cc1ccc(Br)cc1C1(CN)CC1(C)C. The van der Waals surface area contributed by atoms with Crippen LogP contribution in [-0.4, -0.2) is 6.54 Å². The van der Waals surface area contributed by atoms with E-state index in [1.165, 1.54) is 17.5 Å². The Hall–Kier alpha value is -0.340. The Morgan fingerprint density at radius 2 is 2.00 bits per heavy atom. The summed E-state index contributed by atoms with van der Waals surface area (Å²) in [6, 6.07) is 6.50. The highest BCUT2D eigenvalue weighted by atomic mass is 79.9. The number of aryl methyl sites for hydroxylation is 1. The van der Waals surface area contributed by atoms with Gasteiger partial charge in [0.15, 0.2) is 0 Å². The highest BCUT2D eigenvalue weighted by Crippen LogP contribution is 2.64. The van der Waals surface area contributed by atoms with E-state index in [1.807, 2.05) is 0 Å². The number of hydrogen-bond acceptors (Lipinski definition) is 1. The molecule has 0 amide bonds. The molecule has 1 aliphatic carbocycles. The average Bonchev–Trinajstić information content (AvgIpc) is 2.74. The van der Waals surface area contributed by atoms with Crippen molar-refractivity contribution in [3.8, 4) is 0 Å². The third-order valence-electron chi connectivity index (χ3n) is 3.98. The van der Waals surface area contributed by atoms with Crippen molar-refractivity contribution in [1.29, 1.82) is 0 Å². The monoisotopic (exact) mass is 267 g/mol. The van der Waals surface area contributed by atoms with E-state index in [-0.39, 0.29) is 5.41 Å². The molecule has 2 heteroatoms. The largest absolute Gasteiger partial charge is 0.330 e. The summed E-state index contributed by atoms with van der Waals surface area (Å²) in [6.45, 7) is 7.53. The molecule has 2 N–H and O–H groups in total. The maximum Gasteiger partial charge on any atom is 0.0178 e. The van der Waals surface area contributed by atoms with Gasteiger partial charge in [0.25, 0.3) is 0 Å². The zero-order valence-corrected chi connectivity index (χ0v) is 11.2. The van der Waals surface area contributed by atoms with Gasteiger partial charge < -0.3 is 5.73 Å². The van der Waals surface area contributed by atoms with Gasteiger partial charge in [0.1, 0.15) is 0 Å². The maximum absolute atomic E-state index is 5.98. The highest BCUT2D eigenvalue weighted by Gasteiger charge is 2.61. The molecule has 0 aliphatic heterocycles. The van der Waals surface area contributed by atoms with Gasteiger partial charge in [0.05, 0.1) is 0 Å². The Labute approximate surface area is 100 Å². The molecular formula is C13H18BrN. The van der Waals surface area contributed by atoms with Gasteiger partial charge in [-0.25, -0.2) is 0 Å². The Bertz CT molecular complexity index is 398. The van der Waals surface area contributed by atoms with E-state index in [0.29, 0.717) is 5.41 Å². The van der Waals surface area contributed by atoms with Crippen LogP contribution < -0.4 is 5.73 Å². The number of hydrogen-bond donors (Lipinski definition) is 1. The molecule has 0 spiro atoms. The summed E-state index contributed by atoms with van der Waals surface area (Å²) in [6.07, 6.45) is 1.20. The van der Waals surface area contributed by atoms with Crippen molar-refractivity contribution in [2.45, 2.75) is 32.6 Å². The second-order valence-electron chi connectivity index (χ2n) is 5.31. The first-order valence-electron chi connectivity index (χ1n) is 5.40. The first kappa shape index (κ1) is 11.2. The molecule has 1 aliphatic rings. The van der Waals surface area contributed by atoms with Gasteiger partial charge in [-0.2, -0.15) is 0 Å². The van der Waals surface area contributed by atoms with Crippen molar-refractivity contribution in [2.75, 3.05) is 6.54 Å². The molecule has 2 rings (SSSR count). The molecular weight excluding hydrogens is 250 g/mol. The van der Waals surface area contributed by atoms with Crippen molar-refractivity contribution >= 4 is 15.9 Å². The highest BCUT2D eigenvalue weighted by molar-refractivity contribution is 9.10. The summed E-state index contributed by atoms with van der Waals surface area (Å²) in [5.74, 6) is 0. The molecule has 0 saturated heterocycles. The van der Waals surface area contributed by atoms with E-state index in [9.17, 15) is 0 Å². The topological polar surface area (TPSA) is 26.0 Å². The smallest absolute Gasteiger partial charge is 0.0178 e. The second-order valence-corrected chi connectivity index (χ2v) is 6.22. The fourth-order valence-corrected chi connectivity index (χ4v) is 3.10. The molecule has 15 heavy (non-hydrogen) atoms. The second kappa shape index (κ2) is 3.33. The van der Waals surface area contributed by atoms with Crippen LogP contribution in [0.4, 0.5) is 0 Å². The first-order chi connectivity index (χ1) is 6.93. The number of rotatable bonds is 2. The lowest BCUT2D eigenvalue weighted by Crippen LogP contribution is -2.26. The predicted molar refractivity (Wildman–Crippen MR) is 68.0 cm³/mol. The Kier molecular flexibility index (Phi) is 2.47. The Morgan fingerprint density at radius 3 is 2.47 bits per heavy atom. The minimum Gasteiger partial charge on any atom is -0.330 e. The van der Waals surface area contributed by atoms with Crippen LogP contribution in [-0.2, 0) is 5.41 Å². The van der Waals surface area contributed by atoms with Crippen molar-refractivity contribution < 1.29 is 0 Å². The third kappa shape index (κ3) is 1.55. The van der Waals surface area contributed by atoms with Crippen LogP contribution in [0.25, 0.3) is 0 Å². The molecule has 1 unspecified atom stereocenters. The standard InChI is InChI=1S/C13H18BrN/c1-9-4-5-10(14)6-11(9)13(8-15)7-12(13,2)3/h4-6H,7-8,15H2,1-3H3. The van der Waals surface area contributed by atoms with Gasteiger partial charge in [0.2, 0.25) is 0 Å². The molecule has 0 radical (unpaired) electrons. The molecule has 0 heterocycles. The van der Waals surface area contributed by atoms with Crippen LogP contribution in [0.5, 0.6) is 0 Å². The van der Waals surface area contributed by atoms with Crippen LogP contribution in [0.1, 0.15) is 31.4 Å².